The standard InChI is InChI=1S/C16H14ClN3O4S3/c1-26(21,22)12-8-11(20-14(9-12)13-4-2-3-7-18-13)10-19-27(23,24)16-6-5-15(17)25-16/h2-9,19H,10H2,1H3. The van der Waals surface area contributed by atoms with E-state index >= 15 is 0 Å². The van der Waals surface area contributed by atoms with Crippen molar-refractivity contribution >= 4 is 42.8 Å². The van der Waals surface area contributed by atoms with Crippen LogP contribution >= 0.6 is 22.9 Å². The monoisotopic (exact) mass is 443 g/mol. The van der Waals surface area contributed by atoms with Gasteiger partial charge in [-0.3, -0.25) is 4.98 Å². The van der Waals surface area contributed by atoms with Crippen molar-refractivity contribution in [3.63, 3.8) is 0 Å². The van der Waals surface area contributed by atoms with Crippen LogP contribution in [0.2, 0.25) is 4.34 Å². The van der Waals surface area contributed by atoms with Gasteiger partial charge in [0.1, 0.15) is 4.21 Å². The van der Waals surface area contributed by atoms with Crippen LogP contribution in [-0.4, -0.2) is 33.1 Å². The van der Waals surface area contributed by atoms with Crippen molar-refractivity contribution in [2.24, 2.45) is 0 Å². The Kier molecular flexibility index (Phi) is 5.63. The van der Waals surface area contributed by atoms with E-state index in [1.165, 1.54) is 24.3 Å². The molecule has 0 bridgehead atoms. The van der Waals surface area contributed by atoms with E-state index in [-0.39, 0.29) is 21.3 Å². The quantitative estimate of drug-likeness (QED) is 0.627. The predicted molar refractivity (Wildman–Crippen MR) is 104 cm³/mol. The Labute approximate surface area is 166 Å². The summed E-state index contributed by atoms with van der Waals surface area (Å²) < 4.78 is 51.5. The Morgan fingerprint density at radius 3 is 2.44 bits per heavy atom. The fourth-order valence-electron chi connectivity index (χ4n) is 2.19. The largest absolute Gasteiger partial charge is 0.255 e. The third kappa shape index (κ3) is 4.90. The van der Waals surface area contributed by atoms with E-state index < -0.39 is 19.9 Å². The lowest BCUT2D eigenvalue weighted by Gasteiger charge is -2.09. The summed E-state index contributed by atoms with van der Waals surface area (Å²) in [5, 5.41) is 0. The van der Waals surface area contributed by atoms with Crippen molar-refractivity contribution in [1.82, 2.24) is 14.7 Å². The summed E-state index contributed by atoms with van der Waals surface area (Å²) in [5.74, 6) is 0. The summed E-state index contributed by atoms with van der Waals surface area (Å²) in [7, 11) is -7.30. The molecule has 1 N–H and O–H groups in total. The number of sulfonamides is 1. The Morgan fingerprint density at radius 1 is 1.07 bits per heavy atom. The molecule has 0 aliphatic carbocycles. The van der Waals surface area contributed by atoms with Crippen molar-refractivity contribution < 1.29 is 16.8 Å². The van der Waals surface area contributed by atoms with Gasteiger partial charge in [0.2, 0.25) is 10.0 Å². The van der Waals surface area contributed by atoms with E-state index in [1.54, 1.807) is 24.4 Å². The lowest BCUT2D eigenvalue weighted by Crippen LogP contribution is -2.23. The van der Waals surface area contributed by atoms with Crippen LogP contribution in [0.1, 0.15) is 5.69 Å². The third-order valence-corrected chi connectivity index (χ3v) is 7.68. The lowest BCUT2D eigenvalue weighted by molar-refractivity contribution is 0.582. The fraction of sp³-hybridized carbons (Fsp3) is 0.125. The highest BCUT2D eigenvalue weighted by molar-refractivity contribution is 7.91. The number of rotatable bonds is 6. The second kappa shape index (κ2) is 7.64. The molecule has 0 aromatic carbocycles. The zero-order valence-electron chi connectivity index (χ0n) is 14.0. The van der Waals surface area contributed by atoms with Crippen LogP contribution in [0.25, 0.3) is 11.4 Å². The molecule has 0 unspecified atom stereocenters. The van der Waals surface area contributed by atoms with Gasteiger partial charge in [0.15, 0.2) is 9.84 Å². The van der Waals surface area contributed by atoms with E-state index in [9.17, 15) is 16.8 Å². The van der Waals surface area contributed by atoms with Crippen molar-refractivity contribution in [2.45, 2.75) is 15.6 Å². The molecule has 0 radical (unpaired) electrons. The molecule has 0 amide bonds. The Morgan fingerprint density at radius 2 is 1.85 bits per heavy atom. The Hall–Kier alpha value is -1.85. The van der Waals surface area contributed by atoms with E-state index in [2.05, 4.69) is 14.7 Å². The molecule has 11 heteroatoms. The zero-order valence-corrected chi connectivity index (χ0v) is 17.2. The molecule has 0 aliphatic rings. The fourth-order valence-corrected chi connectivity index (χ4v) is 5.39. The maximum absolute atomic E-state index is 12.3. The maximum atomic E-state index is 12.3. The number of thiophene rings is 1. The molecular weight excluding hydrogens is 430 g/mol. The summed E-state index contributed by atoms with van der Waals surface area (Å²) >= 11 is 6.71. The van der Waals surface area contributed by atoms with Gasteiger partial charge in [-0.2, -0.15) is 0 Å². The zero-order chi connectivity index (χ0) is 19.7. The van der Waals surface area contributed by atoms with Crippen LogP contribution in [0.5, 0.6) is 0 Å². The lowest BCUT2D eigenvalue weighted by atomic mass is 10.2. The van der Waals surface area contributed by atoms with Gasteiger partial charge in [-0.05, 0) is 36.4 Å². The van der Waals surface area contributed by atoms with Gasteiger partial charge in [0.05, 0.1) is 32.9 Å². The average Bonchev–Trinajstić information content (AvgIpc) is 3.07. The van der Waals surface area contributed by atoms with Crippen LogP contribution in [0.3, 0.4) is 0 Å². The number of hydrogen-bond acceptors (Lipinski definition) is 7. The second-order valence-corrected chi connectivity index (χ2v) is 11.3. The smallest absolute Gasteiger partial charge is 0.250 e. The highest BCUT2D eigenvalue weighted by Crippen LogP contribution is 2.26. The minimum Gasteiger partial charge on any atom is -0.255 e. The average molecular weight is 444 g/mol. The number of aromatic nitrogens is 2. The number of halogens is 1. The first kappa shape index (κ1) is 19.9. The van der Waals surface area contributed by atoms with Gasteiger partial charge < -0.3 is 0 Å². The van der Waals surface area contributed by atoms with Gasteiger partial charge in [-0.15, -0.1) is 11.3 Å². The minimum absolute atomic E-state index is 0.0338. The Balaban J connectivity index is 1.95. The van der Waals surface area contributed by atoms with Gasteiger partial charge in [0, 0.05) is 12.5 Å². The number of nitrogens with one attached hydrogen (secondary N) is 1. The minimum atomic E-state index is -3.78. The van der Waals surface area contributed by atoms with Crippen LogP contribution < -0.4 is 4.72 Å². The molecular formula is C16H14ClN3O4S3. The predicted octanol–water partition coefficient (Wildman–Crippen LogP) is 2.74. The number of hydrogen-bond donors (Lipinski definition) is 1. The van der Waals surface area contributed by atoms with Gasteiger partial charge in [-0.1, -0.05) is 17.7 Å². The first-order valence-corrected chi connectivity index (χ1v) is 12.1. The molecule has 0 fully saturated rings. The molecule has 3 aromatic rings. The maximum Gasteiger partial charge on any atom is 0.250 e. The van der Waals surface area contributed by atoms with Gasteiger partial charge in [-0.25, -0.2) is 26.5 Å². The summed E-state index contributed by atoms with van der Waals surface area (Å²) in [6.45, 7) is -0.180. The molecule has 27 heavy (non-hydrogen) atoms. The van der Waals surface area contributed by atoms with Crippen molar-refractivity contribution in [1.29, 1.82) is 0 Å². The Bertz CT molecular complexity index is 1180. The molecule has 3 heterocycles. The summed E-state index contributed by atoms with van der Waals surface area (Å²) in [5.41, 5.74) is 1.08. The summed E-state index contributed by atoms with van der Waals surface area (Å²) in [4.78, 5) is 8.54. The van der Waals surface area contributed by atoms with Crippen molar-refractivity contribution in [2.75, 3.05) is 6.26 Å². The number of sulfone groups is 1. The van der Waals surface area contributed by atoms with Crippen LogP contribution in [-0.2, 0) is 26.4 Å². The normalized spacial score (nSPS) is 12.2. The van der Waals surface area contributed by atoms with Crippen LogP contribution in [0, 0.1) is 0 Å². The molecule has 0 atom stereocenters. The molecule has 0 spiro atoms. The number of nitrogens with zero attached hydrogens (tertiary/aromatic N) is 2. The molecule has 0 saturated heterocycles. The molecule has 0 saturated carbocycles. The highest BCUT2D eigenvalue weighted by atomic mass is 35.5. The summed E-state index contributed by atoms with van der Waals surface area (Å²) in [6, 6.07) is 10.8. The SMILES string of the molecule is CS(=O)(=O)c1cc(CNS(=O)(=O)c2ccc(Cl)s2)nc(-c2ccccn2)c1. The van der Waals surface area contributed by atoms with Gasteiger partial charge >= 0.3 is 0 Å². The van der Waals surface area contributed by atoms with E-state index in [0.29, 0.717) is 15.7 Å². The van der Waals surface area contributed by atoms with Gasteiger partial charge in [0.25, 0.3) is 0 Å². The highest BCUT2D eigenvalue weighted by Gasteiger charge is 2.18. The first-order chi connectivity index (χ1) is 12.6. The molecule has 142 valence electrons. The van der Waals surface area contributed by atoms with Crippen LogP contribution in [0.4, 0.5) is 0 Å². The first-order valence-electron chi connectivity index (χ1n) is 7.52. The molecule has 0 aliphatic heterocycles. The van der Waals surface area contributed by atoms with Crippen molar-refractivity contribution in [3.05, 3.63) is 58.7 Å². The van der Waals surface area contributed by atoms with E-state index in [0.717, 1.165) is 17.6 Å². The molecule has 7 nitrogen and oxygen atoms in total. The summed E-state index contributed by atoms with van der Waals surface area (Å²) in [6.07, 6.45) is 2.64. The second-order valence-electron chi connectivity index (χ2n) is 5.55. The van der Waals surface area contributed by atoms with Crippen molar-refractivity contribution in [3.8, 4) is 11.4 Å². The topological polar surface area (TPSA) is 106 Å². The number of pyridine rings is 2. The molecule has 3 rings (SSSR count). The van der Waals surface area contributed by atoms with Crippen LogP contribution in [0.15, 0.2) is 57.8 Å². The third-order valence-electron chi connectivity index (χ3n) is 3.46. The molecule has 3 aromatic heterocycles. The van der Waals surface area contributed by atoms with E-state index in [4.69, 9.17) is 11.6 Å². The van der Waals surface area contributed by atoms with E-state index in [1.807, 2.05) is 0 Å².